The van der Waals surface area contributed by atoms with Gasteiger partial charge in [0.2, 0.25) is 0 Å². The summed E-state index contributed by atoms with van der Waals surface area (Å²) in [6.07, 6.45) is -0.576. The lowest BCUT2D eigenvalue weighted by Gasteiger charge is -2.35. The lowest BCUT2D eigenvalue weighted by atomic mass is 9.75. The van der Waals surface area contributed by atoms with Crippen molar-refractivity contribution in [2.75, 3.05) is 5.32 Å². The van der Waals surface area contributed by atoms with Crippen molar-refractivity contribution in [3.8, 4) is 5.75 Å². The summed E-state index contributed by atoms with van der Waals surface area (Å²) in [7, 11) is 0. The highest BCUT2D eigenvalue weighted by molar-refractivity contribution is 5.56. The van der Waals surface area contributed by atoms with Gasteiger partial charge in [0.15, 0.2) is 5.75 Å². The third-order valence-electron chi connectivity index (χ3n) is 3.81. The van der Waals surface area contributed by atoms with Crippen molar-refractivity contribution in [1.29, 1.82) is 0 Å². The van der Waals surface area contributed by atoms with E-state index in [1.165, 1.54) is 12.1 Å². The molecule has 1 saturated carbocycles. The van der Waals surface area contributed by atoms with E-state index >= 15 is 0 Å². The molecule has 1 aromatic carbocycles. The monoisotopic (exact) mass is 287 g/mol. The van der Waals surface area contributed by atoms with E-state index in [-0.39, 0.29) is 11.8 Å². The van der Waals surface area contributed by atoms with Crippen molar-refractivity contribution in [3.63, 3.8) is 0 Å². The Morgan fingerprint density at radius 2 is 1.75 bits per heavy atom. The molecule has 1 aromatic rings. The van der Waals surface area contributed by atoms with Gasteiger partial charge in [-0.2, -0.15) is 0 Å². The third kappa shape index (κ3) is 4.32. The fraction of sp³-hybridized carbons (Fsp3) is 0.600. The van der Waals surface area contributed by atoms with Crippen LogP contribution < -0.4 is 10.1 Å². The molecule has 1 N–H and O–H groups in total. The standard InChI is InChI=1S/C15H20F3NO/c1-14(2)9-7-11(8-10-14)19-12-5-3-4-6-13(12)20-15(16,17)18/h3-6,11,19H,7-10H2,1-2H3. The summed E-state index contributed by atoms with van der Waals surface area (Å²) in [4.78, 5) is 0. The maximum Gasteiger partial charge on any atom is 0.573 e. The first-order chi connectivity index (χ1) is 9.25. The van der Waals surface area contributed by atoms with E-state index in [0.717, 1.165) is 25.7 Å². The van der Waals surface area contributed by atoms with E-state index in [2.05, 4.69) is 23.9 Å². The molecule has 20 heavy (non-hydrogen) atoms. The van der Waals surface area contributed by atoms with Crippen LogP contribution in [0.4, 0.5) is 18.9 Å². The summed E-state index contributed by atoms with van der Waals surface area (Å²) in [5.41, 5.74) is 0.745. The SMILES string of the molecule is CC1(C)CCC(Nc2ccccc2OC(F)(F)F)CC1. The van der Waals surface area contributed by atoms with Crippen LogP contribution >= 0.6 is 0 Å². The molecule has 0 heterocycles. The highest BCUT2D eigenvalue weighted by Crippen LogP contribution is 2.37. The highest BCUT2D eigenvalue weighted by atomic mass is 19.4. The van der Waals surface area contributed by atoms with E-state index < -0.39 is 6.36 Å². The molecule has 0 unspecified atom stereocenters. The van der Waals surface area contributed by atoms with Gasteiger partial charge in [-0.15, -0.1) is 13.2 Å². The molecule has 1 fully saturated rings. The van der Waals surface area contributed by atoms with Gasteiger partial charge in [0.25, 0.3) is 0 Å². The summed E-state index contributed by atoms with van der Waals surface area (Å²) in [6.45, 7) is 4.45. The predicted molar refractivity (Wildman–Crippen MR) is 72.8 cm³/mol. The zero-order chi connectivity index (χ0) is 14.8. The van der Waals surface area contributed by atoms with Crippen LogP contribution in [0.25, 0.3) is 0 Å². The van der Waals surface area contributed by atoms with E-state index in [4.69, 9.17) is 0 Å². The Morgan fingerprint density at radius 1 is 1.15 bits per heavy atom. The second-order valence-corrected chi connectivity index (χ2v) is 6.13. The molecule has 2 rings (SSSR count). The molecule has 0 radical (unpaired) electrons. The molecule has 0 saturated heterocycles. The average Bonchev–Trinajstić information content (AvgIpc) is 2.32. The second kappa shape index (κ2) is 5.54. The van der Waals surface area contributed by atoms with Crippen LogP contribution in [0.2, 0.25) is 0 Å². The van der Waals surface area contributed by atoms with Crippen LogP contribution in [0.1, 0.15) is 39.5 Å². The van der Waals surface area contributed by atoms with Gasteiger partial charge in [-0.25, -0.2) is 0 Å². The Hall–Kier alpha value is -1.39. The van der Waals surface area contributed by atoms with Gasteiger partial charge >= 0.3 is 6.36 Å². The van der Waals surface area contributed by atoms with E-state index in [1.807, 2.05) is 0 Å². The molecule has 1 aliphatic carbocycles. The first-order valence-corrected chi connectivity index (χ1v) is 6.86. The zero-order valence-electron chi connectivity index (χ0n) is 11.8. The maximum atomic E-state index is 12.4. The van der Waals surface area contributed by atoms with Crippen molar-refractivity contribution in [2.24, 2.45) is 5.41 Å². The number of rotatable bonds is 3. The van der Waals surface area contributed by atoms with Crippen molar-refractivity contribution >= 4 is 5.69 Å². The van der Waals surface area contributed by atoms with Gasteiger partial charge in [-0.1, -0.05) is 26.0 Å². The number of nitrogens with one attached hydrogen (secondary N) is 1. The molecule has 0 aromatic heterocycles. The molecule has 0 amide bonds. The molecule has 5 heteroatoms. The maximum absolute atomic E-state index is 12.4. The zero-order valence-corrected chi connectivity index (χ0v) is 11.8. The minimum absolute atomic E-state index is 0.162. The third-order valence-corrected chi connectivity index (χ3v) is 3.81. The molecular formula is C15H20F3NO. The Bertz CT molecular complexity index is 447. The first kappa shape index (κ1) is 15.0. The first-order valence-electron chi connectivity index (χ1n) is 6.86. The summed E-state index contributed by atoms with van der Waals surface area (Å²) >= 11 is 0. The molecule has 0 spiro atoms. The van der Waals surface area contributed by atoms with Crippen LogP contribution in [0.3, 0.4) is 0 Å². The van der Waals surface area contributed by atoms with Crippen LogP contribution in [-0.2, 0) is 0 Å². The lowest BCUT2D eigenvalue weighted by molar-refractivity contribution is -0.274. The molecule has 2 nitrogen and oxygen atoms in total. The minimum Gasteiger partial charge on any atom is -0.404 e. The smallest absolute Gasteiger partial charge is 0.404 e. The van der Waals surface area contributed by atoms with Gasteiger partial charge in [0.1, 0.15) is 0 Å². The topological polar surface area (TPSA) is 21.3 Å². The van der Waals surface area contributed by atoms with Crippen molar-refractivity contribution in [3.05, 3.63) is 24.3 Å². The number of hydrogen-bond acceptors (Lipinski definition) is 2. The molecule has 0 bridgehead atoms. The number of halogens is 3. The van der Waals surface area contributed by atoms with Crippen LogP contribution in [0, 0.1) is 5.41 Å². The average molecular weight is 287 g/mol. The Morgan fingerprint density at radius 3 is 2.35 bits per heavy atom. The van der Waals surface area contributed by atoms with Gasteiger partial charge in [-0.05, 0) is 43.2 Å². The number of ether oxygens (including phenoxy) is 1. The van der Waals surface area contributed by atoms with Crippen molar-refractivity contribution < 1.29 is 17.9 Å². The quantitative estimate of drug-likeness (QED) is 0.847. The molecular weight excluding hydrogens is 267 g/mol. The number of alkyl halides is 3. The number of benzene rings is 1. The van der Waals surface area contributed by atoms with Gasteiger partial charge in [0.05, 0.1) is 5.69 Å². The van der Waals surface area contributed by atoms with Gasteiger partial charge in [-0.3, -0.25) is 0 Å². The second-order valence-electron chi connectivity index (χ2n) is 6.13. The Labute approximate surface area is 117 Å². The fourth-order valence-corrected chi connectivity index (χ4v) is 2.56. The largest absolute Gasteiger partial charge is 0.573 e. The van der Waals surface area contributed by atoms with Crippen LogP contribution in [0.5, 0.6) is 5.75 Å². The van der Waals surface area contributed by atoms with Crippen LogP contribution in [0.15, 0.2) is 24.3 Å². The van der Waals surface area contributed by atoms with Crippen molar-refractivity contribution in [2.45, 2.75) is 51.9 Å². The highest BCUT2D eigenvalue weighted by Gasteiger charge is 2.32. The number of anilines is 1. The molecule has 1 aliphatic rings. The summed E-state index contributed by atoms with van der Waals surface area (Å²) in [6, 6.07) is 6.42. The van der Waals surface area contributed by atoms with E-state index in [1.54, 1.807) is 12.1 Å². The van der Waals surface area contributed by atoms with Crippen molar-refractivity contribution in [1.82, 2.24) is 0 Å². The van der Waals surface area contributed by atoms with E-state index in [9.17, 15) is 13.2 Å². The minimum atomic E-state index is -4.66. The summed E-state index contributed by atoms with van der Waals surface area (Å²) < 4.78 is 41.1. The van der Waals surface area contributed by atoms with Gasteiger partial charge < -0.3 is 10.1 Å². The van der Waals surface area contributed by atoms with Crippen LogP contribution in [-0.4, -0.2) is 12.4 Å². The number of hydrogen-bond donors (Lipinski definition) is 1. The predicted octanol–water partition coefficient (Wildman–Crippen LogP) is 4.97. The summed E-state index contributed by atoms with van der Waals surface area (Å²) in [5, 5.41) is 3.18. The Kier molecular flexibility index (Phi) is 4.16. The molecule has 0 aliphatic heterocycles. The lowest BCUT2D eigenvalue weighted by Crippen LogP contribution is -2.30. The number of para-hydroxylation sites is 2. The summed E-state index contributed by atoms with van der Waals surface area (Å²) in [5.74, 6) is -0.162. The molecule has 0 atom stereocenters. The molecule has 112 valence electrons. The normalized spacial score (nSPS) is 19.6. The van der Waals surface area contributed by atoms with E-state index in [0.29, 0.717) is 11.1 Å². The Balaban J connectivity index is 2.03. The van der Waals surface area contributed by atoms with Gasteiger partial charge in [0, 0.05) is 6.04 Å². The fourth-order valence-electron chi connectivity index (χ4n) is 2.56.